The summed E-state index contributed by atoms with van der Waals surface area (Å²) in [4.78, 5) is 7.24. The number of hydrogen-bond acceptors (Lipinski definition) is 2. The topological polar surface area (TPSA) is 20.5 Å². The molecule has 0 aromatic carbocycles. The third-order valence-electron chi connectivity index (χ3n) is 4.67. The van der Waals surface area contributed by atoms with E-state index in [4.69, 9.17) is 0 Å². The maximum Gasteiger partial charge on any atom is 0.113 e. The number of likely N-dealkylation sites (tertiary alicyclic amines) is 1. The van der Waals surface area contributed by atoms with Crippen LogP contribution in [0.3, 0.4) is 0 Å². The van der Waals surface area contributed by atoms with Crippen LogP contribution in [0.15, 0.2) is 24.4 Å². The van der Waals surface area contributed by atoms with Crippen molar-refractivity contribution in [1.82, 2.24) is 14.3 Å². The van der Waals surface area contributed by atoms with Crippen LogP contribution in [0.5, 0.6) is 0 Å². The van der Waals surface area contributed by atoms with Crippen molar-refractivity contribution in [3.63, 3.8) is 0 Å². The van der Waals surface area contributed by atoms with Gasteiger partial charge in [-0.25, -0.2) is 4.98 Å². The first kappa shape index (κ1) is 13.6. The van der Waals surface area contributed by atoms with Crippen LogP contribution >= 0.6 is 0 Å². The Morgan fingerprint density at radius 1 is 1.25 bits per heavy atom. The van der Waals surface area contributed by atoms with Gasteiger partial charge in [0.25, 0.3) is 0 Å². The summed E-state index contributed by atoms with van der Waals surface area (Å²) in [6, 6.07) is 7.10. The lowest BCUT2D eigenvalue weighted by atomic mass is 9.92. The lowest BCUT2D eigenvalue weighted by Gasteiger charge is -2.34. The third-order valence-corrected chi connectivity index (χ3v) is 4.67. The average Bonchev–Trinajstić information content (AvgIpc) is 2.84. The van der Waals surface area contributed by atoms with E-state index in [0.717, 1.165) is 12.3 Å². The Balaban J connectivity index is 1.72. The molecule has 0 saturated carbocycles. The van der Waals surface area contributed by atoms with E-state index in [2.05, 4.69) is 53.3 Å². The predicted octanol–water partition coefficient (Wildman–Crippen LogP) is 3.31. The highest BCUT2D eigenvalue weighted by molar-refractivity contribution is 5.47. The van der Waals surface area contributed by atoms with Crippen LogP contribution in [0.25, 0.3) is 5.52 Å². The molecule has 3 heteroatoms. The van der Waals surface area contributed by atoms with Crippen LogP contribution in [-0.2, 0) is 6.42 Å². The normalized spacial score (nSPS) is 18.2. The molecule has 1 saturated heterocycles. The van der Waals surface area contributed by atoms with Crippen LogP contribution in [0.4, 0.5) is 0 Å². The molecule has 2 aromatic heterocycles. The Kier molecular flexibility index (Phi) is 3.79. The van der Waals surface area contributed by atoms with Crippen molar-refractivity contribution in [2.24, 2.45) is 5.92 Å². The molecule has 3 heterocycles. The Morgan fingerprint density at radius 2 is 2.00 bits per heavy atom. The van der Waals surface area contributed by atoms with E-state index in [9.17, 15) is 0 Å². The summed E-state index contributed by atoms with van der Waals surface area (Å²) in [5, 5.41) is 0. The van der Waals surface area contributed by atoms with E-state index in [1.165, 1.54) is 43.0 Å². The van der Waals surface area contributed by atoms with Gasteiger partial charge in [-0.1, -0.05) is 6.07 Å². The van der Waals surface area contributed by atoms with Gasteiger partial charge in [0.05, 0.1) is 11.7 Å². The molecule has 0 amide bonds. The van der Waals surface area contributed by atoms with Crippen LogP contribution in [0, 0.1) is 12.8 Å². The first-order chi connectivity index (χ1) is 9.65. The van der Waals surface area contributed by atoms with Gasteiger partial charge in [0.1, 0.15) is 5.82 Å². The van der Waals surface area contributed by atoms with Gasteiger partial charge in [-0.05, 0) is 64.8 Å². The molecule has 1 aliphatic rings. The van der Waals surface area contributed by atoms with Crippen molar-refractivity contribution in [2.75, 3.05) is 13.1 Å². The third kappa shape index (κ3) is 2.59. The number of pyridine rings is 1. The van der Waals surface area contributed by atoms with E-state index in [0.29, 0.717) is 6.04 Å². The smallest absolute Gasteiger partial charge is 0.113 e. The first-order valence-corrected chi connectivity index (χ1v) is 7.81. The van der Waals surface area contributed by atoms with Gasteiger partial charge in [0.15, 0.2) is 0 Å². The van der Waals surface area contributed by atoms with Crippen molar-refractivity contribution in [1.29, 1.82) is 0 Å². The molecule has 0 unspecified atom stereocenters. The maximum absolute atomic E-state index is 4.65. The highest BCUT2D eigenvalue weighted by Gasteiger charge is 2.22. The minimum absolute atomic E-state index is 0.686. The Labute approximate surface area is 121 Å². The van der Waals surface area contributed by atoms with Crippen LogP contribution in [0.1, 0.15) is 38.2 Å². The molecule has 0 N–H and O–H groups in total. The number of nitrogens with zero attached hydrogens (tertiary/aromatic N) is 3. The van der Waals surface area contributed by atoms with E-state index in [1.54, 1.807) is 0 Å². The number of aromatic nitrogens is 2. The van der Waals surface area contributed by atoms with E-state index < -0.39 is 0 Å². The molecule has 0 radical (unpaired) electrons. The van der Waals surface area contributed by atoms with Gasteiger partial charge in [0, 0.05) is 18.2 Å². The molecular weight excluding hydrogens is 246 g/mol. The van der Waals surface area contributed by atoms with Crippen molar-refractivity contribution < 1.29 is 0 Å². The fraction of sp³-hybridized carbons (Fsp3) is 0.588. The number of piperidine rings is 1. The zero-order valence-corrected chi connectivity index (χ0v) is 12.8. The minimum Gasteiger partial charge on any atom is -0.301 e. The second-order valence-corrected chi connectivity index (χ2v) is 6.38. The highest BCUT2D eigenvalue weighted by atomic mass is 15.1. The zero-order valence-electron chi connectivity index (χ0n) is 12.8. The SMILES string of the molecule is Cc1cccc2cnc(CC3CCN(C(C)C)CC3)n12. The standard InChI is InChI=1S/C17H25N3/c1-13(2)19-9-7-15(8-10-19)11-17-18-12-16-6-4-5-14(3)20(16)17/h4-6,12-13,15H,7-11H2,1-3H3. The number of imidazole rings is 1. The monoisotopic (exact) mass is 271 g/mol. The van der Waals surface area contributed by atoms with Crippen molar-refractivity contribution >= 4 is 5.52 Å². The summed E-state index contributed by atoms with van der Waals surface area (Å²) in [5.74, 6) is 2.02. The Morgan fingerprint density at radius 3 is 2.70 bits per heavy atom. The predicted molar refractivity (Wildman–Crippen MR) is 83.1 cm³/mol. The second-order valence-electron chi connectivity index (χ2n) is 6.38. The summed E-state index contributed by atoms with van der Waals surface area (Å²) in [7, 11) is 0. The van der Waals surface area contributed by atoms with Gasteiger partial charge in [-0.3, -0.25) is 0 Å². The number of rotatable bonds is 3. The van der Waals surface area contributed by atoms with Gasteiger partial charge in [0.2, 0.25) is 0 Å². The molecule has 0 spiro atoms. The molecular formula is C17H25N3. The fourth-order valence-electron chi connectivity index (χ4n) is 3.37. The lowest BCUT2D eigenvalue weighted by molar-refractivity contribution is 0.148. The van der Waals surface area contributed by atoms with Crippen molar-refractivity contribution in [3.05, 3.63) is 35.9 Å². The van der Waals surface area contributed by atoms with Crippen LogP contribution in [-0.4, -0.2) is 33.4 Å². The molecule has 3 nitrogen and oxygen atoms in total. The first-order valence-electron chi connectivity index (χ1n) is 7.81. The largest absolute Gasteiger partial charge is 0.301 e. The average molecular weight is 271 g/mol. The van der Waals surface area contributed by atoms with Crippen LogP contribution < -0.4 is 0 Å². The van der Waals surface area contributed by atoms with Crippen molar-refractivity contribution in [2.45, 2.75) is 46.1 Å². The molecule has 1 fully saturated rings. The van der Waals surface area contributed by atoms with E-state index in [1.807, 2.05) is 6.20 Å². The Hall–Kier alpha value is -1.35. The summed E-state index contributed by atoms with van der Waals surface area (Å²) in [6.07, 6.45) is 5.73. The summed E-state index contributed by atoms with van der Waals surface area (Å²) in [5.41, 5.74) is 2.51. The van der Waals surface area contributed by atoms with Gasteiger partial charge in [-0.2, -0.15) is 0 Å². The minimum atomic E-state index is 0.686. The molecule has 108 valence electrons. The summed E-state index contributed by atoms with van der Waals surface area (Å²) >= 11 is 0. The van der Waals surface area contributed by atoms with E-state index >= 15 is 0 Å². The van der Waals surface area contributed by atoms with Gasteiger partial charge in [-0.15, -0.1) is 0 Å². The molecule has 2 aromatic rings. The second kappa shape index (κ2) is 5.57. The number of aryl methyl sites for hydroxylation is 1. The van der Waals surface area contributed by atoms with E-state index in [-0.39, 0.29) is 0 Å². The molecule has 0 aliphatic carbocycles. The molecule has 0 bridgehead atoms. The molecule has 1 aliphatic heterocycles. The van der Waals surface area contributed by atoms with Crippen molar-refractivity contribution in [3.8, 4) is 0 Å². The van der Waals surface area contributed by atoms with Gasteiger partial charge >= 0.3 is 0 Å². The Bertz CT molecular complexity index is 577. The highest BCUT2D eigenvalue weighted by Crippen LogP contribution is 2.23. The lowest BCUT2D eigenvalue weighted by Crippen LogP contribution is -2.39. The summed E-state index contributed by atoms with van der Waals surface area (Å²) in [6.45, 7) is 9.24. The number of fused-ring (bicyclic) bond motifs is 1. The molecule has 0 atom stereocenters. The number of hydrogen-bond donors (Lipinski definition) is 0. The zero-order chi connectivity index (χ0) is 14.1. The summed E-state index contributed by atoms with van der Waals surface area (Å²) < 4.78 is 2.31. The quantitative estimate of drug-likeness (QED) is 0.854. The molecule has 20 heavy (non-hydrogen) atoms. The van der Waals surface area contributed by atoms with Gasteiger partial charge < -0.3 is 9.30 Å². The maximum atomic E-state index is 4.65. The van der Waals surface area contributed by atoms with Crippen LogP contribution in [0.2, 0.25) is 0 Å². The fourth-order valence-corrected chi connectivity index (χ4v) is 3.37. The molecule has 3 rings (SSSR count).